The molecule has 0 saturated heterocycles. The molecule has 162 valence electrons. The number of benzene rings is 2. The first-order valence-corrected chi connectivity index (χ1v) is 10.3. The van der Waals surface area contributed by atoms with Crippen LogP contribution >= 0.6 is 0 Å². The van der Waals surface area contributed by atoms with Gasteiger partial charge in [-0.05, 0) is 52.5 Å². The van der Waals surface area contributed by atoms with Gasteiger partial charge in [0, 0.05) is 5.69 Å². The van der Waals surface area contributed by atoms with E-state index in [1.165, 1.54) is 0 Å². The lowest BCUT2D eigenvalue weighted by atomic mass is 9.78. The van der Waals surface area contributed by atoms with Crippen LogP contribution in [0.4, 0.5) is 5.69 Å². The molecule has 1 amide bonds. The van der Waals surface area contributed by atoms with Gasteiger partial charge in [-0.15, -0.1) is 0 Å². The molecule has 0 aliphatic carbocycles. The summed E-state index contributed by atoms with van der Waals surface area (Å²) >= 11 is 0. The number of aromatic hydroxyl groups is 1. The third-order valence-electron chi connectivity index (χ3n) is 4.85. The molecular formula is C25H33NO4. The van der Waals surface area contributed by atoms with Crippen LogP contribution in [-0.4, -0.2) is 23.6 Å². The zero-order valence-electron chi connectivity index (χ0n) is 18.8. The maximum Gasteiger partial charge on any atom is 0.397 e. The van der Waals surface area contributed by atoms with E-state index in [0.29, 0.717) is 24.3 Å². The Morgan fingerprint density at radius 3 is 1.97 bits per heavy atom. The Labute approximate surface area is 179 Å². The highest BCUT2D eigenvalue weighted by molar-refractivity contribution is 6.37. The highest BCUT2D eigenvalue weighted by Crippen LogP contribution is 2.39. The summed E-state index contributed by atoms with van der Waals surface area (Å²) < 4.78 is 5.12. The van der Waals surface area contributed by atoms with Gasteiger partial charge in [-0.25, -0.2) is 4.79 Å². The molecule has 5 nitrogen and oxygen atoms in total. The van der Waals surface area contributed by atoms with Gasteiger partial charge < -0.3 is 15.2 Å². The average molecular weight is 412 g/mol. The number of hydrogen-bond donors (Lipinski definition) is 2. The van der Waals surface area contributed by atoms with Crippen LogP contribution in [0, 0.1) is 0 Å². The Bertz CT molecular complexity index is 855. The summed E-state index contributed by atoms with van der Waals surface area (Å²) in [7, 11) is 0. The van der Waals surface area contributed by atoms with Crippen molar-refractivity contribution >= 4 is 17.6 Å². The first-order valence-electron chi connectivity index (χ1n) is 10.3. The van der Waals surface area contributed by atoms with Crippen LogP contribution < -0.4 is 5.32 Å². The fourth-order valence-corrected chi connectivity index (χ4v) is 3.19. The number of aryl methyl sites for hydroxylation is 1. The lowest BCUT2D eigenvalue weighted by molar-refractivity contribution is -0.152. The van der Waals surface area contributed by atoms with Crippen molar-refractivity contribution in [1.82, 2.24) is 0 Å². The zero-order valence-corrected chi connectivity index (χ0v) is 18.8. The number of anilines is 1. The van der Waals surface area contributed by atoms with Crippen molar-refractivity contribution < 1.29 is 19.4 Å². The van der Waals surface area contributed by atoms with Gasteiger partial charge >= 0.3 is 11.9 Å². The van der Waals surface area contributed by atoms with Gasteiger partial charge in [0.1, 0.15) is 5.75 Å². The van der Waals surface area contributed by atoms with Crippen molar-refractivity contribution in [2.24, 2.45) is 0 Å². The largest absolute Gasteiger partial charge is 0.507 e. The Kier molecular flexibility index (Phi) is 7.30. The minimum absolute atomic E-state index is 0.150. The molecule has 0 unspecified atom stereocenters. The third kappa shape index (κ3) is 6.34. The highest BCUT2D eigenvalue weighted by atomic mass is 16.5. The molecule has 2 aromatic rings. The van der Waals surface area contributed by atoms with E-state index < -0.39 is 11.9 Å². The standard InChI is InChI=1S/C25H33NO4/c1-24(2,3)19-15-17(16-20(21(19)27)25(4,5)6)11-10-14-30-23(29)22(28)26-18-12-8-7-9-13-18/h7-9,12-13,15-16,27H,10-11,14H2,1-6H3,(H,26,28). The predicted molar refractivity (Wildman–Crippen MR) is 120 cm³/mol. The summed E-state index contributed by atoms with van der Waals surface area (Å²) in [6.07, 6.45) is 1.27. The predicted octanol–water partition coefficient (Wildman–Crippen LogP) is 5.10. The van der Waals surface area contributed by atoms with Crippen LogP contribution in [0.15, 0.2) is 42.5 Å². The summed E-state index contributed by atoms with van der Waals surface area (Å²) in [4.78, 5) is 23.8. The van der Waals surface area contributed by atoms with E-state index in [2.05, 4.69) is 46.9 Å². The number of hydrogen-bond acceptors (Lipinski definition) is 4. The number of carbonyl (C=O) groups excluding carboxylic acids is 2. The van der Waals surface area contributed by atoms with E-state index in [4.69, 9.17) is 4.74 Å². The van der Waals surface area contributed by atoms with Gasteiger partial charge in [0.05, 0.1) is 6.61 Å². The first-order chi connectivity index (χ1) is 13.9. The second-order valence-electron chi connectivity index (χ2n) is 9.60. The van der Waals surface area contributed by atoms with Crippen molar-refractivity contribution in [3.63, 3.8) is 0 Å². The average Bonchev–Trinajstić information content (AvgIpc) is 2.64. The lowest BCUT2D eigenvalue weighted by Crippen LogP contribution is -2.25. The summed E-state index contributed by atoms with van der Waals surface area (Å²) in [5.74, 6) is -1.33. The van der Waals surface area contributed by atoms with E-state index in [1.807, 2.05) is 18.2 Å². The Morgan fingerprint density at radius 1 is 0.933 bits per heavy atom. The third-order valence-corrected chi connectivity index (χ3v) is 4.85. The van der Waals surface area contributed by atoms with Crippen molar-refractivity contribution in [2.75, 3.05) is 11.9 Å². The first kappa shape index (κ1) is 23.5. The number of esters is 1. The molecule has 0 radical (unpaired) electrons. The summed E-state index contributed by atoms with van der Waals surface area (Å²) in [6, 6.07) is 12.8. The van der Waals surface area contributed by atoms with Gasteiger partial charge in [0.15, 0.2) is 0 Å². The molecule has 2 rings (SSSR count). The number of rotatable bonds is 5. The van der Waals surface area contributed by atoms with Crippen molar-refractivity contribution in [3.05, 3.63) is 59.2 Å². The molecule has 0 heterocycles. The van der Waals surface area contributed by atoms with Crippen molar-refractivity contribution in [2.45, 2.75) is 65.2 Å². The van der Waals surface area contributed by atoms with Crippen LogP contribution in [-0.2, 0) is 31.6 Å². The maximum absolute atomic E-state index is 11.9. The minimum atomic E-state index is -0.893. The Balaban J connectivity index is 1.99. The lowest BCUT2D eigenvalue weighted by Gasteiger charge is -2.28. The van der Waals surface area contributed by atoms with Crippen LogP contribution in [0.1, 0.15) is 64.7 Å². The number of phenols is 1. The Hall–Kier alpha value is -2.82. The van der Waals surface area contributed by atoms with Gasteiger partial charge in [0.2, 0.25) is 0 Å². The van der Waals surface area contributed by atoms with Crippen LogP contribution in [0.2, 0.25) is 0 Å². The normalized spacial score (nSPS) is 11.8. The number of nitrogens with one attached hydrogen (secondary N) is 1. The molecule has 0 spiro atoms. The van der Waals surface area contributed by atoms with Gasteiger partial charge in [-0.2, -0.15) is 0 Å². The fourth-order valence-electron chi connectivity index (χ4n) is 3.19. The number of carbonyl (C=O) groups is 2. The van der Waals surface area contributed by atoms with E-state index in [-0.39, 0.29) is 17.4 Å². The number of para-hydroxylation sites is 1. The van der Waals surface area contributed by atoms with E-state index in [0.717, 1.165) is 16.7 Å². The van der Waals surface area contributed by atoms with Gasteiger partial charge in [0.25, 0.3) is 0 Å². The molecule has 0 aliphatic rings. The smallest absolute Gasteiger partial charge is 0.397 e. The fraction of sp³-hybridized carbons (Fsp3) is 0.440. The number of phenolic OH excluding ortho intramolecular Hbond substituents is 1. The van der Waals surface area contributed by atoms with Crippen LogP contribution in [0.25, 0.3) is 0 Å². The SMILES string of the molecule is CC(C)(C)c1cc(CCCOC(=O)C(=O)Nc2ccccc2)cc(C(C)(C)C)c1O. The summed E-state index contributed by atoms with van der Waals surface area (Å²) in [5, 5.41) is 13.3. The second kappa shape index (κ2) is 9.33. The molecule has 0 aliphatic heterocycles. The van der Waals surface area contributed by atoms with E-state index >= 15 is 0 Å². The molecule has 2 aromatic carbocycles. The number of amides is 1. The molecular weight excluding hydrogens is 378 g/mol. The Morgan fingerprint density at radius 2 is 1.47 bits per heavy atom. The summed E-state index contributed by atoms with van der Waals surface area (Å²) in [5.41, 5.74) is 3.05. The van der Waals surface area contributed by atoms with Crippen molar-refractivity contribution in [1.29, 1.82) is 0 Å². The number of ether oxygens (including phenoxy) is 1. The molecule has 0 fully saturated rings. The van der Waals surface area contributed by atoms with Gasteiger partial charge in [-0.3, -0.25) is 4.79 Å². The van der Waals surface area contributed by atoms with E-state index in [1.54, 1.807) is 24.3 Å². The minimum Gasteiger partial charge on any atom is -0.507 e. The molecule has 0 atom stereocenters. The topological polar surface area (TPSA) is 75.6 Å². The summed E-state index contributed by atoms with van der Waals surface area (Å²) in [6.45, 7) is 12.6. The molecule has 30 heavy (non-hydrogen) atoms. The molecule has 5 heteroatoms. The monoisotopic (exact) mass is 411 g/mol. The molecule has 0 saturated carbocycles. The van der Waals surface area contributed by atoms with Crippen LogP contribution in [0.3, 0.4) is 0 Å². The van der Waals surface area contributed by atoms with Crippen LogP contribution in [0.5, 0.6) is 5.75 Å². The second-order valence-corrected chi connectivity index (χ2v) is 9.60. The highest BCUT2D eigenvalue weighted by Gasteiger charge is 2.26. The maximum atomic E-state index is 11.9. The van der Waals surface area contributed by atoms with E-state index in [9.17, 15) is 14.7 Å². The quantitative estimate of drug-likeness (QED) is 0.408. The zero-order chi connectivity index (χ0) is 22.5. The van der Waals surface area contributed by atoms with Crippen molar-refractivity contribution in [3.8, 4) is 5.75 Å². The molecule has 2 N–H and O–H groups in total. The molecule has 0 bridgehead atoms. The molecule has 0 aromatic heterocycles. The van der Waals surface area contributed by atoms with Gasteiger partial charge in [-0.1, -0.05) is 71.9 Å².